The van der Waals surface area contributed by atoms with Crippen LogP contribution in [-0.4, -0.2) is 34.8 Å². The highest BCUT2D eigenvalue weighted by Crippen LogP contribution is 2.09. The van der Waals surface area contributed by atoms with Crippen molar-refractivity contribution in [3.63, 3.8) is 0 Å². The molecule has 0 spiro atoms. The SMILES string of the molecule is CCCCN(CCO)c1cnc(C#N)cn1. The molecule has 1 N–H and O–H groups in total. The Morgan fingerprint density at radius 3 is 2.69 bits per heavy atom. The summed E-state index contributed by atoms with van der Waals surface area (Å²) in [5.74, 6) is 0.710. The van der Waals surface area contributed by atoms with E-state index in [4.69, 9.17) is 10.4 Å². The molecule has 1 aromatic heterocycles. The second-order valence-corrected chi connectivity index (χ2v) is 3.44. The van der Waals surface area contributed by atoms with E-state index in [0.717, 1.165) is 19.4 Å². The van der Waals surface area contributed by atoms with Gasteiger partial charge in [0, 0.05) is 13.1 Å². The molecule has 0 radical (unpaired) electrons. The first-order chi connectivity index (χ1) is 7.81. The third kappa shape index (κ3) is 3.48. The Morgan fingerprint density at radius 1 is 1.38 bits per heavy atom. The number of anilines is 1. The molecule has 0 unspecified atom stereocenters. The molecule has 0 aromatic carbocycles. The van der Waals surface area contributed by atoms with E-state index in [0.29, 0.717) is 18.1 Å². The Kier molecular flexibility index (Phi) is 5.23. The maximum absolute atomic E-state index is 8.96. The molecular formula is C11H16N4O. The average molecular weight is 220 g/mol. The third-order valence-corrected chi connectivity index (χ3v) is 2.23. The maximum Gasteiger partial charge on any atom is 0.158 e. The van der Waals surface area contributed by atoms with Crippen LogP contribution in [0.2, 0.25) is 0 Å². The molecule has 0 atom stereocenters. The summed E-state index contributed by atoms with van der Waals surface area (Å²) in [7, 11) is 0. The molecule has 0 aliphatic heterocycles. The van der Waals surface area contributed by atoms with Gasteiger partial charge in [0.05, 0.1) is 19.0 Å². The van der Waals surface area contributed by atoms with Crippen molar-refractivity contribution in [2.75, 3.05) is 24.6 Å². The van der Waals surface area contributed by atoms with E-state index < -0.39 is 0 Å². The molecule has 0 aliphatic rings. The average Bonchev–Trinajstić information content (AvgIpc) is 2.35. The Morgan fingerprint density at radius 2 is 2.19 bits per heavy atom. The van der Waals surface area contributed by atoms with Crippen molar-refractivity contribution in [3.8, 4) is 6.07 Å². The van der Waals surface area contributed by atoms with E-state index in [1.165, 1.54) is 6.20 Å². The van der Waals surface area contributed by atoms with Gasteiger partial charge in [0.15, 0.2) is 5.69 Å². The number of nitriles is 1. The van der Waals surface area contributed by atoms with Crippen LogP contribution in [0.5, 0.6) is 0 Å². The van der Waals surface area contributed by atoms with Crippen LogP contribution in [0.15, 0.2) is 12.4 Å². The summed E-state index contributed by atoms with van der Waals surface area (Å²) in [6.45, 7) is 3.59. The Balaban J connectivity index is 2.72. The summed E-state index contributed by atoms with van der Waals surface area (Å²) in [5, 5.41) is 17.6. The minimum absolute atomic E-state index is 0.0887. The summed E-state index contributed by atoms with van der Waals surface area (Å²) in [6.07, 6.45) is 5.16. The summed E-state index contributed by atoms with van der Waals surface area (Å²) in [6, 6.07) is 1.93. The van der Waals surface area contributed by atoms with Gasteiger partial charge in [-0.2, -0.15) is 5.26 Å². The van der Waals surface area contributed by atoms with Gasteiger partial charge in [-0.05, 0) is 6.42 Å². The Hall–Kier alpha value is -1.67. The lowest BCUT2D eigenvalue weighted by atomic mass is 10.3. The smallest absolute Gasteiger partial charge is 0.158 e. The molecule has 0 fully saturated rings. The minimum Gasteiger partial charge on any atom is -0.395 e. The van der Waals surface area contributed by atoms with Crippen molar-refractivity contribution in [2.24, 2.45) is 0 Å². The summed E-state index contributed by atoms with van der Waals surface area (Å²) in [5.41, 5.74) is 0.309. The van der Waals surface area contributed by atoms with Gasteiger partial charge in [0.1, 0.15) is 11.9 Å². The van der Waals surface area contributed by atoms with Crippen molar-refractivity contribution in [3.05, 3.63) is 18.1 Å². The minimum atomic E-state index is 0.0887. The predicted molar refractivity (Wildman–Crippen MR) is 61.0 cm³/mol. The highest BCUT2D eigenvalue weighted by molar-refractivity contribution is 5.36. The second-order valence-electron chi connectivity index (χ2n) is 3.44. The topological polar surface area (TPSA) is 73.0 Å². The Labute approximate surface area is 95.4 Å². The molecule has 0 aliphatic carbocycles. The first-order valence-corrected chi connectivity index (χ1v) is 5.39. The number of rotatable bonds is 6. The second kappa shape index (κ2) is 6.75. The molecule has 0 saturated heterocycles. The van der Waals surface area contributed by atoms with Gasteiger partial charge >= 0.3 is 0 Å². The molecule has 0 amide bonds. The van der Waals surface area contributed by atoms with E-state index in [9.17, 15) is 0 Å². The van der Waals surface area contributed by atoms with Gasteiger partial charge in [-0.15, -0.1) is 0 Å². The number of nitrogens with zero attached hydrogens (tertiary/aromatic N) is 4. The zero-order valence-corrected chi connectivity index (χ0v) is 9.43. The van der Waals surface area contributed by atoms with E-state index >= 15 is 0 Å². The van der Waals surface area contributed by atoms with Gasteiger partial charge in [-0.1, -0.05) is 13.3 Å². The summed E-state index contributed by atoms with van der Waals surface area (Å²) < 4.78 is 0. The lowest BCUT2D eigenvalue weighted by molar-refractivity contribution is 0.301. The maximum atomic E-state index is 8.96. The fourth-order valence-corrected chi connectivity index (χ4v) is 1.35. The van der Waals surface area contributed by atoms with Crippen molar-refractivity contribution < 1.29 is 5.11 Å². The van der Waals surface area contributed by atoms with Crippen molar-refractivity contribution in [2.45, 2.75) is 19.8 Å². The zero-order valence-electron chi connectivity index (χ0n) is 9.43. The van der Waals surface area contributed by atoms with Crippen LogP contribution in [0.3, 0.4) is 0 Å². The van der Waals surface area contributed by atoms with Crippen LogP contribution in [0.4, 0.5) is 5.82 Å². The quantitative estimate of drug-likeness (QED) is 0.772. The summed E-state index contributed by atoms with van der Waals surface area (Å²) >= 11 is 0. The number of hydrogen-bond acceptors (Lipinski definition) is 5. The lowest BCUT2D eigenvalue weighted by Gasteiger charge is -2.21. The first kappa shape index (κ1) is 12.4. The lowest BCUT2D eigenvalue weighted by Crippen LogP contribution is -2.28. The highest BCUT2D eigenvalue weighted by Gasteiger charge is 2.07. The zero-order chi connectivity index (χ0) is 11.8. The van der Waals surface area contributed by atoms with Gasteiger partial charge in [0.25, 0.3) is 0 Å². The van der Waals surface area contributed by atoms with Crippen LogP contribution >= 0.6 is 0 Å². The predicted octanol–water partition coefficient (Wildman–Crippen LogP) is 0.947. The van der Waals surface area contributed by atoms with Crippen LogP contribution in [0.25, 0.3) is 0 Å². The third-order valence-electron chi connectivity index (χ3n) is 2.23. The highest BCUT2D eigenvalue weighted by atomic mass is 16.3. The van der Waals surface area contributed by atoms with Gasteiger partial charge in [0.2, 0.25) is 0 Å². The molecule has 1 aromatic rings. The summed E-state index contributed by atoms with van der Waals surface area (Å²) in [4.78, 5) is 10.1. The van der Waals surface area contributed by atoms with E-state index in [1.807, 2.05) is 11.0 Å². The molecule has 16 heavy (non-hydrogen) atoms. The molecule has 1 rings (SSSR count). The van der Waals surface area contributed by atoms with Crippen LogP contribution in [0, 0.1) is 11.3 Å². The molecule has 0 bridgehead atoms. The van der Waals surface area contributed by atoms with Crippen LogP contribution in [0.1, 0.15) is 25.5 Å². The van der Waals surface area contributed by atoms with Gasteiger partial charge < -0.3 is 10.0 Å². The number of hydrogen-bond donors (Lipinski definition) is 1. The van der Waals surface area contributed by atoms with Crippen LogP contribution in [-0.2, 0) is 0 Å². The van der Waals surface area contributed by atoms with Gasteiger partial charge in [-0.25, -0.2) is 9.97 Å². The van der Waals surface area contributed by atoms with E-state index in [1.54, 1.807) is 6.20 Å². The van der Waals surface area contributed by atoms with Crippen LogP contribution < -0.4 is 4.90 Å². The molecule has 5 nitrogen and oxygen atoms in total. The number of aliphatic hydroxyl groups is 1. The normalized spacial score (nSPS) is 9.81. The van der Waals surface area contributed by atoms with Crippen molar-refractivity contribution in [1.82, 2.24) is 9.97 Å². The standard InChI is InChI=1S/C11H16N4O/c1-2-3-4-15(5-6-16)11-9-13-10(7-12)8-14-11/h8-9,16H,2-6H2,1H3. The Bertz CT molecular complexity index is 344. The molecule has 0 saturated carbocycles. The fourth-order valence-electron chi connectivity index (χ4n) is 1.35. The fraction of sp³-hybridized carbons (Fsp3) is 0.545. The van der Waals surface area contributed by atoms with E-state index in [2.05, 4.69) is 16.9 Å². The molecule has 1 heterocycles. The van der Waals surface area contributed by atoms with Crippen molar-refractivity contribution >= 4 is 5.82 Å². The number of aromatic nitrogens is 2. The molecular weight excluding hydrogens is 204 g/mol. The van der Waals surface area contributed by atoms with E-state index in [-0.39, 0.29) is 6.61 Å². The first-order valence-electron chi connectivity index (χ1n) is 5.39. The molecule has 5 heteroatoms. The largest absolute Gasteiger partial charge is 0.395 e. The monoisotopic (exact) mass is 220 g/mol. The molecule has 86 valence electrons. The number of aliphatic hydroxyl groups excluding tert-OH is 1. The van der Waals surface area contributed by atoms with Gasteiger partial charge in [-0.3, -0.25) is 0 Å². The van der Waals surface area contributed by atoms with Crippen molar-refractivity contribution in [1.29, 1.82) is 5.26 Å². The number of unbranched alkanes of at least 4 members (excludes halogenated alkanes) is 1.